The van der Waals surface area contributed by atoms with Gasteiger partial charge >= 0.3 is 11.9 Å². The maximum atomic E-state index is 12.5. The molecule has 2 aliphatic carbocycles. The van der Waals surface area contributed by atoms with Gasteiger partial charge in [0.25, 0.3) is 0 Å². The molecule has 1 saturated carbocycles. The molecule has 21 heavy (non-hydrogen) atoms. The van der Waals surface area contributed by atoms with Crippen molar-refractivity contribution in [2.45, 2.75) is 48.0 Å². The fourth-order valence-corrected chi connectivity index (χ4v) is 4.56. The van der Waals surface area contributed by atoms with Crippen LogP contribution in [0.2, 0.25) is 0 Å². The summed E-state index contributed by atoms with van der Waals surface area (Å²) in [6, 6.07) is 0. The molecule has 2 rings (SSSR count). The predicted molar refractivity (Wildman–Crippen MR) is 79.5 cm³/mol. The smallest absolute Gasteiger partial charge is 0.310 e. The molecule has 1 fully saturated rings. The third-order valence-corrected chi connectivity index (χ3v) is 5.80. The maximum Gasteiger partial charge on any atom is 0.310 e. The average Bonchev–Trinajstić information content (AvgIpc) is 2.75. The monoisotopic (exact) mass is 294 g/mol. The Morgan fingerprint density at radius 3 is 1.57 bits per heavy atom. The molecule has 4 nitrogen and oxygen atoms in total. The first-order valence-electron chi connectivity index (χ1n) is 7.75. The van der Waals surface area contributed by atoms with E-state index < -0.39 is 11.8 Å². The van der Waals surface area contributed by atoms with Crippen molar-refractivity contribution in [2.75, 3.05) is 13.2 Å². The molecule has 4 unspecified atom stereocenters. The van der Waals surface area contributed by atoms with Crippen molar-refractivity contribution in [1.82, 2.24) is 0 Å². The van der Waals surface area contributed by atoms with Crippen molar-refractivity contribution >= 4 is 11.9 Å². The third kappa shape index (κ3) is 2.02. The first kappa shape index (κ1) is 16.1. The number of allylic oxidation sites excluding steroid dienone is 2. The molecule has 0 spiro atoms. The van der Waals surface area contributed by atoms with Crippen LogP contribution in [0.4, 0.5) is 0 Å². The Morgan fingerprint density at radius 2 is 1.29 bits per heavy atom. The Kier molecular flexibility index (Phi) is 3.94. The second-order valence-corrected chi connectivity index (χ2v) is 6.72. The number of ether oxygens (including phenoxy) is 2. The number of fused-ring (bicyclic) bond motifs is 2. The van der Waals surface area contributed by atoms with E-state index in [0.29, 0.717) is 13.2 Å². The van der Waals surface area contributed by atoms with Crippen LogP contribution in [-0.2, 0) is 19.1 Å². The third-order valence-electron chi connectivity index (χ3n) is 5.80. The Labute approximate surface area is 126 Å². The minimum absolute atomic E-state index is 0.270. The highest BCUT2D eigenvalue weighted by molar-refractivity contribution is 5.86. The fourth-order valence-electron chi connectivity index (χ4n) is 4.56. The van der Waals surface area contributed by atoms with Crippen LogP contribution in [0.25, 0.3) is 0 Å². The topological polar surface area (TPSA) is 52.6 Å². The number of rotatable bonds is 4. The van der Waals surface area contributed by atoms with Crippen molar-refractivity contribution < 1.29 is 19.1 Å². The van der Waals surface area contributed by atoms with Crippen molar-refractivity contribution in [3.05, 3.63) is 11.1 Å². The second kappa shape index (κ2) is 5.15. The number of esters is 2. The highest BCUT2D eigenvalue weighted by atomic mass is 16.5. The number of carbonyl (C=O) groups excluding carboxylic acids is 2. The van der Waals surface area contributed by atoms with Crippen LogP contribution in [-0.4, -0.2) is 25.2 Å². The molecule has 4 atom stereocenters. The lowest BCUT2D eigenvalue weighted by Gasteiger charge is -2.38. The summed E-state index contributed by atoms with van der Waals surface area (Å²) in [7, 11) is 0. The molecule has 0 saturated heterocycles. The minimum atomic E-state index is -0.440. The molecule has 0 radical (unpaired) electrons. The van der Waals surface area contributed by atoms with Crippen LogP contribution >= 0.6 is 0 Å². The molecule has 0 N–H and O–H groups in total. The molecule has 0 amide bonds. The first-order valence-corrected chi connectivity index (χ1v) is 7.75. The molecule has 0 aromatic carbocycles. The summed E-state index contributed by atoms with van der Waals surface area (Å²) >= 11 is 0. The van der Waals surface area contributed by atoms with Gasteiger partial charge in [-0.3, -0.25) is 9.59 Å². The highest BCUT2D eigenvalue weighted by Crippen LogP contribution is 2.69. The van der Waals surface area contributed by atoms with E-state index in [-0.39, 0.29) is 22.8 Å². The Bertz CT molecular complexity index is 463. The lowest BCUT2D eigenvalue weighted by atomic mass is 9.65. The molecule has 0 heterocycles. The molecule has 2 bridgehead atoms. The summed E-state index contributed by atoms with van der Waals surface area (Å²) in [5.74, 6) is -1.42. The maximum absolute atomic E-state index is 12.5. The summed E-state index contributed by atoms with van der Waals surface area (Å²) in [5, 5.41) is 0. The summed E-state index contributed by atoms with van der Waals surface area (Å²) in [4.78, 5) is 25.0. The molecule has 0 aromatic rings. The van der Waals surface area contributed by atoms with E-state index in [2.05, 4.69) is 27.7 Å². The van der Waals surface area contributed by atoms with Gasteiger partial charge in [0.2, 0.25) is 0 Å². The molecule has 0 aromatic heterocycles. The van der Waals surface area contributed by atoms with Gasteiger partial charge in [-0.25, -0.2) is 0 Å². The largest absolute Gasteiger partial charge is 0.466 e. The summed E-state index contributed by atoms with van der Waals surface area (Å²) in [5.41, 5.74) is 1.84. The van der Waals surface area contributed by atoms with Crippen molar-refractivity contribution in [2.24, 2.45) is 22.7 Å². The van der Waals surface area contributed by atoms with Crippen LogP contribution in [0, 0.1) is 22.7 Å². The lowest BCUT2D eigenvalue weighted by molar-refractivity contribution is -0.164. The van der Waals surface area contributed by atoms with Gasteiger partial charge in [0, 0.05) is 10.8 Å². The number of carbonyl (C=O) groups is 2. The Balaban J connectivity index is 2.50. The van der Waals surface area contributed by atoms with E-state index in [1.165, 1.54) is 11.1 Å². The number of hydrogen-bond acceptors (Lipinski definition) is 4. The highest BCUT2D eigenvalue weighted by Gasteiger charge is 2.68. The Hall–Kier alpha value is -1.32. The van der Waals surface area contributed by atoms with Crippen molar-refractivity contribution in [1.29, 1.82) is 0 Å². The van der Waals surface area contributed by atoms with Crippen LogP contribution in [0.3, 0.4) is 0 Å². The second-order valence-electron chi connectivity index (χ2n) is 6.72. The van der Waals surface area contributed by atoms with Crippen molar-refractivity contribution in [3.63, 3.8) is 0 Å². The van der Waals surface area contributed by atoms with Gasteiger partial charge < -0.3 is 9.47 Å². The van der Waals surface area contributed by atoms with E-state index in [1.54, 1.807) is 13.8 Å². The fraction of sp³-hybridized carbons (Fsp3) is 0.765. The lowest BCUT2D eigenvalue weighted by Crippen LogP contribution is -2.44. The van der Waals surface area contributed by atoms with E-state index in [1.807, 2.05) is 0 Å². The van der Waals surface area contributed by atoms with Gasteiger partial charge in [0.15, 0.2) is 0 Å². The molecule has 4 heteroatoms. The number of hydrogen-bond donors (Lipinski definition) is 0. The summed E-state index contributed by atoms with van der Waals surface area (Å²) in [6.07, 6.45) is 0.810. The zero-order valence-corrected chi connectivity index (χ0v) is 13.9. The zero-order valence-electron chi connectivity index (χ0n) is 13.9. The van der Waals surface area contributed by atoms with Crippen LogP contribution in [0.1, 0.15) is 48.0 Å². The van der Waals surface area contributed by atoms with E-state index in [0.717, 1.165) is 6.42 Å². The zero-order chi connectivity index (χ0) is 16.0. The normalized spacial score (nSPS) is 37.8. The SMILES string of the molecule is CCOC(=O)C1C(C(=O)OCC)C2(C)CC1(C)C(C)=C2C. The van der Waals surface area contributed by atoms with Crippen LogP contribution < -0.4 is 0 Å². The molecular formula is C17H26O4. The van der Waals surface area contributed by atoms with Gasteiger partial charge in [0.1, 0.15) is 0 Å². The van der Waals surface area contributed by atoms with E-state index >= 15 is 0 Å². The van der Waals surface area contributed by atoms with Gasteiger partial charge in [-0.15, -0.1) is 0 Å². The molecule has 0 aliphatic heterocycles. The van der Waals surface area contributed by atoms with Gasteiger partial charge in [-0.05, 0) is 34.1 Å². The van der Waals surface area contributed by atoms with Gasteiger partial charge in [-0.2, -0.15) is 0 Å². The van der Waals surface area contributed by atoms with Crippen LogP contribution in [0.15, 0.2) is 11.1 Å². The predicted octanol–water partition coefficient (Wildman–Crippen LogP) is 3.11. The standard InChI is InChI=1S/C17H26O4/c1-7-20-14(18)12-13(15(19)21-8-2)17(6)9-16(12,5)10(3)11(17)4/h12-13H,7-9H2,1-6H3. The van der Waals surface area contributed by atoms with E-state index in [4.69, 9.17) is 9.47 Å². The quantitative estimate of drug-likeness (QED) is 0.590. The van der Waals surface area contributed by atoms with Crippen LogP contribution in [0.5, 0.6) is 0 Å². The molecule has 118 valence electrons. The van der Waals surface area contributed by atoms with Crippen molar-refractivity contribution in [3.8, 4) is 0 Å². The first-order chi connectivity index (χ1) is 9.74. The molecule has 2 aliphatic rings. The molecular weight excluding hydrogens is 268 g/mol. The van der Waals surface area contributed by atoms with Gasteiger partial charge in [0.05, 0.1) is 25.0 Å². The summed E-state index contributed by atoms with van der Waals surface area (Å²) < 4.78 is 10.5. The Morgan fingerprint density at radius 1 is 0.952 bits per heavy atom. The summed E-state index contributed by atoms with van der Waals surface area (Å²) in [6.45, 7) is 12.6. The minimum Gasteiger partial charge on any atom is -0.466 e. The average molecular weight is 294 g/mol. The van der Waals surface area contributed by atoms with Gasteiger partial charge in [-0.1, -0.05) is 25.0 Å². The van der Waals surface area contributed by atoms with E-state index in [9.17, 15) is 9.59 Å².